The summed E-state index contributed by atoms with van der Waals surface area (Å²) in [5.74, 6) is 0.969. The molecule has 1 aliphatic rings. The van der Waals surface area contributed by atoms with Crippen LogP contribution in [0.25, 0.3) is 0 Å². The minimum Gasteiger partial charge on any atom is -0.311 e. The summed E-state index contributed by atoms with van der Waals surface area (Å²) in [4.78, 5) is 7.28. The average Bonchev–Trinajstić information content (AvgIpc) is 2.53. The summed E-state index contributed by atoms with van der Waals surface area (Å²) in [5.41, 5.74) is 2.35. The third-order valence-electron chi connectivity index (χ3n) is 4.85. The maximum atomic E-state index is 4.77. The van der Waals surface area contributed by atoms with Crippen molar-refractivity contribution in [3.63, 3.8) is 0 Å². The largest absolute Gasteiger partial charge is 0.311 e. The lowest BCUT2D eigenvalue weighted by Gasteiger charge is -2.34. The third kappa shape index (κ3) is 5.08. The molecule has 1 saturated carbocycles. The summed E-state index contributed by atoms with van der Waals surface area (Å²) in [6.45, 7) is 7.29. The predicted molar refractivity (Wildman–Crippen MR) is 89.1 cm³/mol. The molecule has 118 valence electrons. The van der Waals surface area contributed by atoms with E-state index in [-0.39, 0.29) is 0 Å². The molecule has 1 fully saturated rings. The van der Waals surface area contributed by atoms with E-state index < -0.39 is 0 Å². The molecule has 0 spiro atoms. The molecular formula is C18H31N3. The highest BCUT2D eigenvalue weighted by Crippen LogP contribution is 2.29. The van der Waals surface area contributed by atoms with Crippen molar-refractivity contribution in [2.75, 3.05) is 13.6 Å². The molecule has 2 rings (SSSR count). The van der Waals surface area contributed by atoms with Crippen LogP contribution in [0.5, 0.6) is 0 Å². The van der Waals surface area contributed by atoms with Gasteiger partial charge in [-0.1, -0.05) is 26.3 Å². The summed E-state index contributed by atoms with van der Waals surface area (Å²) >= 11 is 0. The maximum Gasteiger partial charge on any atom is 0.0547 e. The van der Waals surface area contributed by atoms with Crippen LogP contribution in [0.2, 0.25) is 0 Å². The SMILES string of the molecule is CCNCc1cccc(CN(C)C2CCC(CC)CC2)n1. The van der Waals surface area contributed by atoms with Gasteiger partial charge in [-0.2, -0.15) is 0 Å². The highest BCUT2D eigenvalue weighted by Gasteiger charge is 2.23. The Morgan fingerprint density at radius 3 is 2.52 bits per heavy atom. The Morgan fingerprint density at radius 1 is 1.14 bits per heavy atom. The number of hydrogen-bond donors (Lipinski definition) is 1. The van der Waals surface area contributed by atoms with Gasteiger partial charge in [0.25, 0.3) is 0 Å². The fourth-order valence-corrected chi connectivity index (χ4v) is 3.35. The molecule has 1 aromatic rings. The van der Waals surface area contributed by atoms with Gasteiger partial charge in [0, 0.05) is 19.1 Å². The Morgan fingerprint density at radius 2 is 1.86 bits per heavy atom. The quantitative estimate of drug-likeness (QED) is 0.831. The van der Waals surface area contributed by atoms with Gasteiger partial charge in [0.2, 0.25) is 0 Å². The van der Waals surface area contributed by atoms with Crippen LogP contribution in [0, 0.1) is 5.92 Å². The molecule has 0 bridgehead atoms. The molecule has 1 aliphatic carbocycles. The Bertz CT molecular complexity index is 411. The normalized spacial score (nSPS) is 22.7. The summed E-state index contributed by atoms with van der Waals surface area (Å²) in [5, 5.41) is 3.34. The van der Waals surface area contributed by atoms with Crippen molar-refractivity contribution in [3.8, 4) is 0 Å². The van der Waals surface area contributed by atoms with Crippen molar-refractivity contribution in [1.82, 2.24) is 15.2 Å². The van der Waals surface area contributed by atoms with Crippen molar-refractivity contribution in [2.24, 2.45) is 5.92 Å². The Labute approximate surface area is 130 Å². The van der Waals surface area contributed by atoms with Crippen LogP contribution >= 0.6 is 0 Å². The molecule has 3 heteroatoms. The zero-order valence-electron chi connectivity index (χ0n) is 13.9. The number of hydrogen-bond acceptors (Lipinski definition) is 3. The fourth-order valence-electron chi connectivity index (χ4n) is 3.35. The van der Waals surface area contributed by atoms with Gasteiger partial charge in [-0.05, 0) is 57.3 Å². The van der Waals surface area contributed by atoms with E-state index in [4.69, 9.17) is 4.98 Å². The van der Waals surface area contributed by atoms with Crippen molar-refractivity contribution in [3.05, 3.63) is 29.6 Å². The van der Waals surface area contributed by atoms with Crippen LogP contribution in [0.3, 0.4) is 0 Å². The van der Waals surface area contributed by atoms with Crippen LogP contribution in [0.1, 0.15) is 57.3 Å². The summed E-state index contributed by atoms with van der Waals surface area (Å²) in [7, 11) is 2.26. The topological polar surface area (TPSA) is 28.2 Å². The van der Waals surface area contributed by atoms with Gasteiger partial charge < -0.3 is 5.32 Å². The minimum absolute atomic E-state index is 0.743. The molecule has 0 aromatic carbocycles. The number of pyridine rings is 1. The Kier molecular flexibility index (Phi) is 6.65. The van der Waals surface area contributed by atoms with Crippen molar-refractivity contribution in [1.29, 1.82) is 0 Å². The monoisotopic (exact) mass is 289 g/mol. The van der Waals surface area contributed by atoms with Gasteiger partial charge in [0.05, 0.1) is 11.4 Å². The van der Waals surface area contributed by atoms with E-state index in [1.54, 1.807) is 0 Å². The van der Waals surface area contributed by atoms with Gasteiger partial charge >= 0.3 is 0 Å². The molecule has 0 unspecified atom stereocenters. The molecule has 21 heavy (non-hydrogen) atoms. The van der Waals surface area contributed by atoms with E-state index in [2.05, 4.69) is 49.3 Å². The maximum absolute atomic E-state index is 4.77. The average molecular weight is 289 g/mol. The van der Waals surface area contributed by atoms with Crippen LogP contribution in [0.15, 0.2) is 18.2 Å². The van der Waals surface area contributed by atoms with Gasteiger partial charge in [-0.15, -0.1) is 0 Å². The lowest BCUT2D eigenvalue weighted by molar-refractivity contribution is 0.156. The van der Waals surface area contributed by atoms with E-state index in [1.807, 2.05) is 0 Å². The highest BCUT2D eigenvalue weighted by molar-refractivity contribution is 5.11. The standard InChI is InChI=1S/C18H31N3/c1-4-15-9-11-18(12-10-15)21(3)14-17-8-6-7-16(20-17)13-19-5-2/h6-8,15,18-19H,4-5,9-14H2,1-3H3. The minimum atomic E-state index is 0.743. The first-order chi connectivity index (χ1) is 10.2. The molecule has 0 aliphatic heterocycles. The number of aromatic nitrogens is 1. The molecule has 0 amide bonds. The second kappa shape index (κ2) is 8.50. The molecule has 1 aromatic heterocycles. The van der Waals surface area contributed by atoms with Crippen molar-refractivity contribution >= 4 is 0 Å². The lowest BCUT2D eigenvalue weighted by atomic mass is 9.84. The van der Waals surface area contributed by atoms with E-state index in [0.29, 0.717) is 0 Å². The number of rotatable bonds is 7. The first kappa shape index (κ1) is 16.4. The number of nitrogens with one attached hydrogen (secondary N) is 1. The third-order valence-corrected chi connectivity index (χ3v) is 4.85. The first-order valence-electron chi connectivity index (χ1n) is 8.58. The molecule has 1 heterocycles. The second-order valence-corrected chi connectivity index (χ2v) is 6.40. The van der Waals surface area contributed by atoms with E-state index in [0.717, 1.165) is 37.3 Å². The van der Waals surface area contributed by atoms with Gasteiger partial charge in [0.1, 0.15) is 0 Å². The van der Waals surface area contributed by atoms with Gasteiger partial charge in [0.15, 0.2) is 0 Å². The van der Waals surface area contributed by atoms with Crippen LogP contribution in [-0.4, -0.2) is 29.5 Å². The molecule has 0 atom stereocenters. The first-order valence-corrected chi connectivity index (χ1v) is 8.58. The Balaban J connectivity index is 1.86. The molecule has 0 radical (unpaired) electrons. The van der Waals surface area contributed by atoms with Crippen molar-refractivity contribution in [2.45, 2.75) is 65.1 Å². The zero-order valence-corrected chi connectivity index (χ0v) is 13.9. The molecule has 1 N–H and O–H groups in total. The summed E-state index contributed by atoms with van der Waals surface area (Å²) in [6.07, 6.45) is 6.86. The molecular weight excluding hydrogens is 258 g/mol. The second-order valence-electron chi connectivity index (χ2n) is 6.40. The summed E-state index contributed by atoms with van der Waals surface area (Å²) in [6, 6.07) is 7.14. The van der Waals surface area contributed by atoms with E-state index >= 15 is 0 Å². The molecule has 0 saturated heterocycles. The van der Waals surface area contributed by atoms with Crippen LogP contribution < -0.4 is 5.32 Å². The highest BCUT2D eigenvalue weighted by atomic mass is 15.1. The Hall–Kier alpha value is -0.930. The van der Waals surface area contributed by atoms with Gasteiger partial charge in [-0.3, -0.25) is 9.88 Å². The molecule has 3 nitrogen and oxygen atoms in total. The van der Waals surface area contributed by atoms with Crippen LogP contribution in [-0.2, 0) is 13.1 Å². The fraction of sp³-hybridized carbons (Fsp3) is 0.722. The lowest BCUT2D eigenvalue weighted by Crippen LogP contribution is -2.35. The predicted octanol–water partition coefficient (Wildman–Crippen LogP) is 3.59. The van der Waals surface area contributed by atoms with E-state index in [1.165, 1.54) is 37.8 Å². The van der Waals surface area contributed by atoms with E-state index in [9.17, 15) is 0 Å². The van der Waals surface area contributed by atoms with Gasteiger partial charge in [-0.25, -0.2) is 0 Å². The summed E-state index contributed by atoms with van der Waals surface area (Å²) < 4.78 is 0. The zero-order chi connectivity index (χ0) is 15.1. The number of nitrogens with zero attached hydrogens (tertiary/aromatic N) is 2. The van der Waals surface area contributed by atoms with Crippen LogP contribution in [0.4, 0.5) is 0 Å². The van der Waals surface area contributed by atoms with Crippen molar-refractivity contribution < 1.29 is 0 Å². The smallest absolute Gasteiger partial charge is 0.0547 e.